The SMILES string of the molecule is CC1(C)CC1NC(=O)NC1C=CC(C(=O)O)C1. The molecule has 94 valence electrons. The van der Waals surface area contributed by atoms with Crippen molar-refractivity contribution in [3.8, 4) is 0 Å². The molecule has 2 aliphatic carbocycles. The van der Waals surface area contributed by atoms with Gasteiger partial charge in [0, 0.05) is 6.04 Å². The summed E-state index contributed by atoms with van der Waals surface area (Å²) < 4.78 is 0. The Bertz CT molecular complexity index is 376. The maximum atomic E-state index is 11.6. The summed E-state index contributed by atoms with van der Waals surface area (Å²) in [4.78, 5) is 22.3. The first kappa shape index (κ1) is 12.0. The molecule has 0 aromatic carbocycles. The number of amides is 2. The molecule has 0 spiro atoms. The van der Waals surface area contributed by atoms with Gasteiger partial charge in [-0.15, -0.1) is 0 Å². The van der Waals surface area contributed by atoms with Crippen molar-refractivity contribution in [1.82, 2.24) is 10.6 Å². The first-order chi connectivity index (χ1) is 7.88. The molecule has 0 aromatic heterocycles. The van der Waals surface area contributed by atoms with Crippen LogP contribution in [0.5, 0.6) is 0 Å². The van der Waals surface area contributed by atoms with Crippen molar-refractivity contribution >= 4 is 12.0 Å². The highest BCUT2D eigenvalue weighted by Crippen LogP contribution is 2.44. The van der Waals surface area contributed by atoms with E-state index in [0.29, 0.717) is 6.42 Å². The number of hydrogen-bond donors (Lipinski definition) is 3. The van der Waals surface area contributed by atoms with Crippen LogP contribution in [0.25, 0.3) is 0 Å². The van der Waals surface area contributed by atoms with Crippen LogP contribution in [0, 0.1) is 11.3 Å². The quantitative estimate of drug-likeness (QED) is 0.644. The molecular formula is C12H18N2O3. The number of carboxylic acids is 1. The number of aliphatic carboxylic acids is 1. The number of carbonyl (C=O) groups excluding carboxylic acids is 1. The Morgan fingerprint density at radius 1 is 1.29 bits per heavy atom. The van der Waals surface area contributed by atoms with Gasteiger partial charge in [-0.2, -0.15) is 0 Å². The number of nitrogens with one attached hydrogen (secondary N) is 2. The van der Waals surface area contributed by atoms with Crippen molar-refractivity contribution in [2.24, 2.45) is 11.3 Å². The van der Waals surface area contributed by atoms with E-state index in [1.807, 2.05) is 0 Å². The third-order valence-corrected chi connectivity index (χ3v) is 3.54. The summed E-state index contributed by atoms with van der Waals surface area (Å²) in [6.07, 6.45) is 4.82. The highest BCUT2D eigenvalue weighted by atomic mass is 16.4. The number of rotatable bonds is 3. The third-order valence-electron chi connectivity index (χ3n) is 3.54. The van der Waals surface area contributed by atoms with Crippen LogP contribution in [0.3, 0.4) is 0 Å². The predicted octanol–water partition coefficient (Wildman–Crippen LogP) is 1.11. The van der Waals surface area contributed by atoms with Gasteiger partial charge in [0.1, 0.15) is 0 Å². The van der Waals surface area contributed by atoms with E-state index in [9.17, 15) is 9.59 Å². The molecular weight excluding hydrogens is 220 g/mol. The lowest BCUT2D eigenvalue weighted by Crippen LogP contribution is -2.42. The van der Waals surface area contributed by atoms with Crippen molar-refractivity contribution in [3.63, 3.8) is 0 Å². The molecule has 17 heavy (non-hydrogen) atoms. The van der Waals surface area contributed by atoms with Gasteiger partial charge in [-0.25, -0.2) is 4.79 Å². The van der Waals surface area contributed by atoms with Gasteiger partial charge in [-0.3, -0.25) is 4.79 Å². The van der Waals surface area contributed by atoms with Gasteiger partial charge < -0.3 is 15.7 Å². The predicted molar refractivity (Wildman–Crippen MR) is 62.5 cm³/mol. The monoisotopic (exact) mass is 238 g/mol. The standard InChI is InChI=1S/C12H18N2O3/c1-12(2)6-9(12)14-11(17)13-8-4-3-7(5-8)10(15)16/h3-4,7-9H,5-6H2,1-2H3,(H,15,16)(H2,13,14,17). The summed E-state index contributed by atoms with van der Waals surface area (Å²) in [6, 6.07) is -0.137. The van der Waals surface area contributed by atoms with Gasteiger partial charge in [0.2, 0.25) is 0 Å². The van der Waals surface area contributed by atoms with E-state index in [-0.39, 0.29) is 23.5 Å². The molecule has 3 N–H and O–H groups in total. The van der Waals surface area contributed by atoms with E-state index in [0.717, 1.165) is 6.42 Å². The summed E-state index contributed by atoms with van der Waals surface area (Å²) in [5.41, 5.74) is 0.201. The van der Waals surface area contributed by atoms with Crippen LogP contribution in [0.15, 0.2) is 12.2 Å². The molecule has 3 unspecified atom stereocenters. The maximum Gasteiger partial charge on any atom is 0.315 e. The maximum absolute atomic E-state index is 11.6. The first-order valence-electron chi connectivity index (χ1n) is 5.86. The molecule has 2 rings (SSSR count). The zero-order chi connectivity index (χ0) is 12.6. The molecule has 1 saturated carbocycles. The Balaban J connectivity index is 1.74. The minimum Gasteiger partial charge on any atom is -0.481 e. The normalized spacial score (nSPS) is 33.2. The Labute approximate surface area is 100 Å². The summed E-state index contributed by atoms with van der Waals surface area (Å²) in [5, 5.41) is 14.5. The fourth-order valence-corrected chi connectivity index (χ4v) is 2.07. The number of hydrogen-bond acceptors (Lipinski definition) is 2. The molecule has 0 heterocycles. The topological polar surface area (TPSA) is 78.4 Å². The van der Waals surface area contributed by atoms with Crippen LogP contribution in [-0.4, -0.2) is 29.2 Å². The molecule has 2 aliphatic rings. The fourth-order valence-electron chi connectivity index (χ4n) is 2.07. The molecule has 5 nitrogen and oxygen atoms in total. The second-order valence-electron chi connectivity index (χ2n) is 5.53. The highest BCUT2D eigenvalue weighted by molar-refractivity contribution is 5.77. The van der Waals surface area contributed by atoms with Crippen LogP contribution < -0.4 is 10.6 Å². The van der Waals surface area contributed by atoms with Crippen molar-refractivity contribution in [2.45, 2.75) is 38.8 Å². The van der Waals surface area contributed by atoms with Crippen molar-refractivity contribution < 1.29 is 14.7 Å². The van der Waals surface area contributed by atoms with Crippen LogP contribution in [-0.2, 0) is 4.79 Å². The molecule has 5 heteroatoms. The lowest BCUT2D eigenvalue weighted by atomic mass is 10.1. The lowest BCUT2D eigenvalue weighted by Gasteiger charge is -2.13. The largest absolute Gasteiger partial charge is 0.481 e. The fraction of sp³-hybridized carbons (Fsp3) is 0.667. The lowest BCUT2D eigenvalue weighted by molar-refractivity contribution is -0.140. The average molecular weight is 238 g/mol. The number of carbonyl (C=O) groups is 2. The average Bonchev–Trinajstić information content (AvgIpc) is 2.63. The smallest absolute Gasteiger partial charge is 0.315 e. The van der Waals surface area contributed by atoms with Crippen LogP contribution in [0.2, 0.25) is 0 Å². The van der Waals surface area contributed by atoms with Gasteiger partial charge in [0.15, 0.2) is 0 Å². The third kappa shape index (κ3) is 2.78. The Kier molecular flexibility index (Phi) is 2.85. The first-order valence-corrected chi connectivity index (χ1v) is 5.86. The second kappa shape index (κ2) is 4.05. The molecule has 3 atom stereocenters. The van der Waals surface area contributed by atoms with Crippen molar-refractivity contribution in [1.29, 1.82) is 0 Å². The van der Waals surface area contributed by atoms with E-state index >= 15 is 0 Å². The van der Waals surface area contributed by atoms with Crippen LogP contribution in [0.4, 0.5) is 4.79 Å². The number of carboxylic acid groups (broad SMARTS) is 1. The summed E-state index contributed by atoms with van der Waals surface area (Å²) in [6.45, 7) is 4.21. The van der Waals surface area contributed by atoms with E-state index in [2.05, 4.69) is 24.5 Å². The Hall–Kier alpha value is -1.52. The minimum absolute atomic E-state index is 0.169. The van der Waals surface area contributed by atoms with E-state index in [4.69, 9.17) is 5.11 Å². The summed E-state index contributed by atoms with van der Waals surface area (Å²) in [5.74, 6) is -1.31. The summed E-state index contributed by atoms with van der Waals surface area (Å²) >= 11 is 0. The minimum atomic E-state index is -0.839. The van der Waals surface area contributed by atoms with Gasteiger partial charge in [0.05, 0.1) is 12.0 Å². The van der Waals surface area contributed by atoms with Crippen molar-refractivity contribution in [2.75, 3.05) is 0 Å². The van der Waals surface area contributed by atoms with Crippen LogP contribution in [0.1, 0.15) is 26.7 Å². The molecule has 0 saturated heterocycles. The van der Waals surface area contributed by atoms with Gasteiger partial charge >= 0.3 is 12.0 Å². The highest BCUT2D eigenvalue weighted by Gasteiger charge is 2.46. The van der Waals surface area contributed by atoms with Gasteiger partial charge in [-0.05, 0) is 18.3 Å². The van der Waals surface area contributed by atoms with Crippen LogP contribution >= 0.6 is 0 Å². The Morgan fingerprint density at radius 2 is 1.94 bits per heavy atom. The Morgan fingerprint density at radius 3 is 2.41 bits per heavy atom. The molecule has 0 aliphatic heterocycles. The van der Waals surface area contributed by atoms with Gasteiger partial charge in [-0.1, -0.05) is 26.0 Å². The van der Waals surface area contributed by atoms with E-state index in [1.54, 1.807) is 12.2 Å². The molecule has 0 aromatic rings. The molecule has 0 radical (unpaired) electrons. The molecule has 2 amide bonds. The zero-order valence-electron chi connectivity index (χ0n) is 10.1. The number of urea groups is 1. The zero-order valence-corrected chi connectivity index (χ0v) is 10.1. The molecule has 1 fully saturated rings. The van der Waals surface area contributed by atoms with Crippen molar-refractivity contribution in [3.05, 3.63) is 12.2 Å². The van der Waals surface area contributed by atoms with Gasteiger partial charge in [0.25, 0.3) is 0 Å². The molecule has 0 bridgehead atoms. The summed E-state index contributed by atoms with van der Waals surface area (Å²) in [7, 11) is 0. The van der Waals surface area contributed by atoms with E-state index in [1.165, 1.54) is 0 Å². The van der Waals surface area contributed by atoms with E-state index < -0.39 is 11.9 Å². The second-order valence-corrected chi connectivity index (χ2v) is 5.53.